The van der Waals surface area contributed by atoms with Crippen molar-refractivity contribution in [3.63, 3.8) is 0 Å². The predicted molar refractivity (Wildman–Crippen MR) is 108 cm³/mol. The van der Waals surface area contributed by atoms with Crippen molar-refractivity contribution >= 4 is 23.1 Å². The van der Waals surface area contributed by atoms with E-state index in [-0.39, 0.29) is 11.3 Å². The van der Waals surface area contributed by atoms with Crippen LogP contribution in [-0.2, 0) is 9.59 Å². The first-order valence-corrected chi connectivity index (χ1v) is 9.02. The molecule has 1 aliphatic rings. The summed E-state index contributed by atoms with van der Waals surface area (Å²) in [5.41, 5.74) is 1.65. The Morgan fingerprint density at radius 1 is 1.00 bits per heavy atom. The Morgan fingerprint density at radius 3 is 2.34 bits per heavy atom. The molecule has 0 radical (unpaired) electrons. The van der Waals surface area contributed by atoms with E-state index in [1.54, 1.807) is 74.0 Å². The molecule has 144 valence electrons. The summed E-state index contributed by atoms with van der Waals surface area (Å²) in [7, 11) is 1.56. The first-order chi connectivity index (χ1) is 14.1. The van der Waals surface area contributed by atoms with Crippen LogP contribution in [0.3, 0.4) is 0 Å². The van der Waals surface area contributed by atoms with Crippen LogP contribution in [0.25, 0.3) is 5.76 Å². The van der Waals surface area contributed by atoms with E-state index in [1.165, 1.54) is 11.1 Å². The van der Waals surface area contributed by atoms with Gasteiger partial charge in [0, 0.05) is 11.8 Å². The fourth-order valence-electron chi connectivity index (χ4n) is 3.45. The average molecular weight is 386 g/mol. The molecule has 0 bridgehead atoms. The van der Waals surface area contributed by atoms with Gasteiger partial charge in [-0.2, -0.15) is 0 Å². The number of ether oxygens (including phenoxy) is 1. The zero-order chi connectivity index (χ0) is 20.4. The smallest absolute Gasteiger partial charge is 0.300 e. The van der Waals surface area contributed by atoms with Crippen molar-refractivity contribution in [1.29, 1.82) is 0 Å². The third kappa shape index (κ3) is 3.25. The molecule has 1 amide bonds. The standard InChI is InChI=1S/C23H18N2O4/c1-29-18-11-9-15(10-12-18)20-19(21(26)16-6-3-2-4-7-16)22(27)23(28)25(20)17-8-5-13-24-14-17/h2-14,20,26H,1H3/b21-19+. The number of methoxy groups -OCH3 is 1. The summed E-state index contributed by atoms with van der Waals surface area (Å²) in [6.45, 7) is 0. The number of anilines is 1. The highest BCUT2D eigenvalue weighted by atomic mass is 16.5. The number of Topliss-reactive ketones (excluding diaryl/α,β-unsaturated/α-hetero) is 1. The minimum Gasteiger partial charge on any atom is -0.507 e. The average Bonchev–Trinajstić information content (AvgIpc) is 3.05. The van der Waals surface area contributed by atoms with Crippen molar-refractivity contribution in [3.8, 4) is 5.75 Å². The SMILES string of the molecule is COc1ccc(C2/C(=C(\O)c3ccccc3)C(=O)C(=O)N2c2cccnc2)cc1. The topological polar surface area (TPSA) is 79.7 Å². The second kappa shape index (κ2) is 7.59. The fraction of sp³-hybridized carbons (Fsp3) is 0.0870. The van der Waals surface area contributed by atoms with Gasteiger partial charge in [0.05, 0.1) is 30.6 Å². The third-order valence-electron chi connectivity index (χ3n) is 4.85. The van der Waals surface area contributed by atoms with Crippen LogP contribution in [0.15, 0.2) is 84.7 Å². The molecule has 6 heteroatoms. The predicted octanol–water partition coefficient (Wildman–Crippen LogP) is 3.72. The molecule has 0 aliphatic carbocycles. The minimum absolute atomic E-state index is 0.0372. The van der Waals surface area contributed by atoms with E-state index in [1.807, 2.05) is 6.07 Å². The molecule has 1 aliphatic heterocycles. The fourth-order valence-corrected chi connectivity index (χ4v) is 3.45. The van der Waals surface area contributed by atoms with Gasteiger partial charge in [0.1, 0.15) is 11.5 Å². The molecule has 1 N–H and O–H groups in total. The lowest BCUT2D eigenvalue weighted by Crippen LogP contribution is -2.29. The molecule has 1 unspecified atom stereocenters. The Kier molecular flexibility index (Phi) is 4.83. The number of pyridine rings is 1. The Labute approximate surface area is 167 Å². The Morgan fingerprint density at radius 2 is 1.72 bits per heavy atom. The molecule has 6 nitrogen and oxygen atoms in total. The molecule has 1 saturated heterocycles. The highest BCUT2D eigenvalue weighted by Crippen LogP contribution is 2.42. The van der Waals surface area contributed by atoms with E-state index in [2.05, 4.69) is 4.98 Å². The molecule has 29 heavy (non-hydrogen) atoms. The maximum Gasteiger partial charge on any atom is 0.300 e. The van der Waals surface area contributed by atoms with Gasteiger partial charge in [-0.3, -0.25) is 19.5 Å². The van der Waals surface area contributed by atoms with Gasteiger partial charge in [-0.25, -0.2) is 0 Å². The number of nitrogens with zero attached hydrogens (tertiary/aromatic N) is 2. The number of carbonyl (C=O) groups excluding carboxylic acids is 2. The van der Waals surface area contributed by atoms with Gasteiger partial charge < -0.3 is 9.84 Å². The molecule has 3 aromatic rings. The van der Waals surface area contributed by atoms with Crippen LogP contribution in [0.4, 0.5) is 5.69 Å². The zero-order valence-corrected chi connectivity index (χ0v) is 15.6. The molecule has 2 heterocycles. The number of ketones is 1. The van der Waals surface area contributed by atoms with Crippen molar-refractivity contribution in [1.82, 2.24) is 4.98 Å². The molecule has 0 spiro atoms. The van der Waals surface area contributed by atoms with Crippen LogP contribution < -0.4 is 9.64 Å². The van der Waals surface area contributed by atoms with Gasteiger partial charge in [-0.05, 0) is 29.8 Å². The van der Waals surface area contributed by atoms with E-state index in [0.29, 0.717) is 22.6 Å². The molecule has 1 atom stereocenters. The zero-order valence-electron chi connectivity index (χ0n) is 15.6. The molecule has 4 rings (SSSR count). The number of aromatic nitrogens is 1. The van der Waals surface area contributed by atoms with Crippen LogP contribution in [-0.4, -0.2) is 28.9 Å². The molecular formula is C23H18N2O4. The summed E-state index contributed by atoms with van der Waals surface area (Å²) in [6.07, 6.45) is 3.11. The normalized spacial score (nSPS) is 18.1. The molecule has 0 saturated carbocycles. The number of amides is 1. The largest absolute Gasteiger partial charge is 0.507 e. The summed E-state index contributed by atoms with van der Waals surface area (Å²) in [4.78, 5) is 31.3. The lowest BCUT2D eigenvalue weighted by molar-refractivity contribution is -0.132. The summed E-state index contributed by atoms with van der Waals surface area (Å²) in [5, 5.41) is 10.9. The van der Waals surface area contributed by atoms with Crippen molar-refractivity contribution in [2.24, 2.45) is 0 Å². The Balaban J connectivity index is 1.93. The van der Waals surface area contributed by atoms with Crippen LogP contribution in [0, 0.1) is 0 Å². The minimum atomic E-state index is -0.787. The van der Waals surface area contributed by atoms with Gasteiger partial charge in [0.25, 0.3) is 11.7 Å². The van der Waals surface area contributed by atoms with Crippen molar-refractivity contribution in [3.05, 3.63) is 95.8 Å². The quantitative estimate of drug-likeness (QED) is 0.420. The third-order valence-corrected chi connectivity index (χ3v) is 4.85. The van der Waals surface area contributed by atoms with Crippen molar-refractivity contribution in [2.45, 2.75) is 6.04 Å². The van der Waals surface area contributed by atoms with E-state index < -0.39 is 17.7 Å². The maximum atomic E-state index is 13.0. The van der Waals surface area contributed by atoms with E-state index >= 15 is 0 Å². The Hall–Kier alpha value is -3.93. The number of aliphatic hydroxyl groups excluding tert-OH is 1. The van der Waals surface area contributed by atoms with Gasteiger partial charge in [-0.1, -0.05) is 42.5 Å². The van der Waals surface area contributed by atoms with E-state index in [4.69, 9.17) is 4.74 Å². The highest BCUT2D eigenvalue weighted by Gasteiger charge is 2.47. The lowest BCUT2D eigenvalue weighted by Gasteiger charge is -2.25. The van der Waals surface area contributed by atoms with Gasteiger partial charge >= 0.3 is 0 Å². The van der Waals surface area contributed by atoms with Crippen LogP contribution in [0.5, 0.6) is 5.75 Å². The monoisotopic (exact) mass is 386 g/mol. The number of rotatable bonds is 4. The lowest BCUT2D eigenvalue weighted by atomic mass is 9.95. The molecule has 1 aromatic heterocycles. The maximum absolute atomic E-state index is 13.0. The first kappa shape index (κ1) is 18.4. The molecular weight excluding hydrogens is 368 g/mol. The van der Waals surface area contributed by atoms with Gasteiger partial charge in [-0.15, -0.1) is 0 Å². The van der Waals surface area contributed by atoms with Crippen molar-refractivity contribution < 1.29 is 19.4 Å². The number of aliphatic hydroxyl groups is 1. The molecule has 1 fully saturated rings. The van der Waals surface area contributed by atoms with Crippen LogP contribution in [0.2, 0.25) is 0 Å². The number of hydrogen-bond acceptors (Lipinski definition) is 5. The number of benzene rings is 2. The second-order valence-electron chi connectivity index (χ2n) is 6.52. The summed E-state index contributed by atoms with van der Waals surface area (Å²) in [6, 6.07) is 18.4. The van der Waals surface area contributed by atoms with Gasteiger partial charge in [0.2, 0.25) is 0 Å². The first-order valence-electron chi connectivity index (χ1n) is 9.02. The van der Waals surface area contributed by atoms with Crippen LogP contribution >= 0.6 is 0 Å². The molecule has 2 aromatic carbocycles. The Bertz CT molecular complexity index is 1080. The summed E-state index contributed by atoms with van der Waals surface area (Å²) in [5.74, 6) is -1.02. The second-order valence-corrected chi connectivity index (χ2v) is 6.52. The summed E-state index contributed by atoms with van der Waals surface area (Å²) >= 11 is 0. The number of hydrogen-bond donors (Lipinski definition) is 1. The van der Waals surface area contributed by atoms with Crippen LogP contribution in [0.1, 0.15) is 17.2 Å². The number of carbonyl (C=O) groups is 2. The van der Waals surface area contributed by atoms with Crippen molar-refractivity contribution in [2.75, 3.05) is 12.0 Å². The summed E-state index contributed by atoms with van der Waals surface area (Å²) < 4.78 is 5.21. The van der Waals surface area contributed by atoms with Gasteiger partial charge in [0.15, 0.2) is 0 Å². The van der Waals surface area contributed by atoms with E-state index in [9.17, 15) is 14.7 Å². The van der Waals surface area contributed by atoms with E-state index in [0.717, 1.165) is 0 Å². The highest BCUT2D eigenvalue weighted by molar-refractivity contribution is 6.51.